The van der Waals surface area contributed by atoms with Gasteiger partial charge in [0.15, 0.2) is 0 Å². The van der Waals surface area contributed by atoms with Crippen molar-refractivity contribution in [3.05, 3.63) is 11.6 Å². The van der Waals surface area contributed by atoms with Crippen LogP contribution >= 0.6 is 0 Å². The van der Waals surface area contributed by atoms with Crippen LogP contribution in [-0.4, -0.2) is 37.0 Å². The number of rotatable bonds is 3. The molecule has 0 aromatic heterocycles. The van der Waals surface area contributed by atoms with Crippen LogP contribution in [0.5, 0.6) is 0 Å². The van der Waals surface area contributed by atoms with Crippen molar-refractivity contribution in [2.75, 3.05) is 7.05 Å². The van der Waals surface area contributed by atoms with E-state index in [1.165, 1.54) is 7.05 Å². The molecule has 0 aliphatic carbocycles. The zero-order chi connectivity index (χ0) is 12.8. The van der Waals surface area contributed by atoms with E-state index in [0.29, 0.717) is 6.42 Å². The maximum absolute atomic E-state index is 11.7. The van der Waals surface area contributed by atoms with Crippen molar-refractivity contribution < 1.29 is 35.4 Å². The van der Waals surface area contributed by atoms with E-state index < -0.39 is 17.9 Å². The van der Waals surface area contributed by atoms with E-state index in [-0.39, 0.29) is 46.4 Å². The van der Waals surface area contributed by atoms with Gasteiger partial charge < -0.3 is 15.1 Å². The molecule has 0 aromatic rings. The van der Waals surface area contributed by atoms with Gasteiger partial charge in [-0.1, -0.05) is 20.6 Å². The molecule has 0 saturated carbocycles. The Labute approximate surface area is 127 Å². The van der Waals surface area contributed by atoms with Gasteiger partial charge in [0.25, 0.3) is 0 Å². The predicted octanol–water partition coefficient (Wildman–Crippen LogP) is 0.0653. The van der Waals surface area contributed by atoms with Crippen LogP contribution in [0.4, 0.5) is 0 Å². The summed E-state index contributed by atoms with van der Waals surface area (Å²) >= 11 is 0. The Morgan fingerprint density at radius 1 is 1.53 bits per heavy atom. The van der Waals surface area contributed by atoms with Crippen molar-refractivity contribution in [1.29, 1.82) is 0 Å². The summed E-state index contributed by atoms with van der Waals surface area (Å²) in [5.74, 6) is -1.21. The molecular formula is C12H18N3O3W-. The summed E-state index contributed by atoms with van der Waals surface area (Å²) in [6.45, 7) is 1.68. The smallest absolute Gasteiger partial charge is 0.248 e. The minimum absolute atomic E-state index is 0. The van der Waals surface area contributed by atoms with Crippen LogP contribution in [-0.2, 0) is 35.4 Å². The maximum atomic E-state index is 11.7. The summed E-state index contributed by atoms with van der Waals surface area (Å²) < 4.78 is 0. The molecule has 1 unspecified atom stereocenters. The summed E-state index contributed by atoms with van der Waals surface area (Å²) in [7, 11) is 1.50. The number of carbonyl (C=O) groups is 3. The molecule has 1 saturated heterocycles. The molecule has 1 rings (SSSR count). The van der Waals surface area contributed by atoms with Crippen LogP contribution in [0.25, 0.3) is 0 Å². The summed E-state index contributed by atoms with van der Waals surface area (Å²) in [6, 6.07) is -0.672. The molecule has 106 valence electrons. The Bertz CT molecular complexity index is 405. The van der Waals surface area contributed by atoms with Gasteiger partial charge in [0.05, 0.1) is 6.04 Å². The van der Waals surface area contributed by atoms with E-state index in [2.05, 4.69) is 21.8 Å². The van der Waals surface area contributed by atoms with Crippen molar-refractivity contribution in [2.24, 2.45) is 4.99 Å². The van der Waals surface area contributed by atoms with Gasteiger partial charge in [-0.05, 0) is 6.42 Å². The first kappa shape index (κ1) is 20.0. The third kappa shape index (κ3) is 5.92. The first-order valence-electron chi connectivity index (χ1n) is 5.24. The number of nitrogens with zero attached hydrogens (tertiary/aromatic N) is 1. The van der Waals surface area contributed by atoms with Crippen LogP contribution in [0.1, 0.15) is 27.2 Å². The van der Waals surface area contributed by atoms with Gasteiger partial charge >= 0.3 is 0 Å². The molecule has 3 amide bonds. The molecular weight excluding hydrogens is 418 g/mol. The molecule has 7 heteroatoms. The first-order chi connectivity index (χ1) is 8.08. The van der Waals surface area contributed by atoms with Crippen LogP contribution in [0.15, 0.2) is 16.6 Å². The second-order valence-electron chi connectivity index (χ2n) is 3.51. The molecule has 1 fully saturated rings. The molecule has 1 heterocycles. The van der Waals surface area contributed by atoms with Gasteiger partial charge in [-0.3, -0.25) is 14.9 Å². The average Bonchev–Trinajstić information content (AvgIpc) is 2.29. The van der Waals surface area contributed by atoms with Crippen LogP contribution in [0.2, 0.25) is 0 Å². The molecule has 2 N–H and O–H groups in total. The number of imide groups is 1. The topological polar surface area (TPSA) is 87.6 Å². The van der Waals surface area contributed by atoms with E-state index >= 15 is 0 Å². The van der Waals surface area contributed by atoms with Crippen molar-refractivity contribution >= 4 is 23.9 Å². The molecule has 0 bridgehead atoms. The largest absolute Gasteiger partial charge is 0.394 e. The number of allylic oxidation sites excluding steroid dienone is 1. The number of piperidine rings is 1. The molecule has 1 aliphatic heterocycles. The number of carbonyl (C=O) groups excluding carboxylic acids is 3. The van der Waals surface area contributed by atoms with Gasteiger partial charge in [0.2, 0.25) is 11.8 Å². The van der Waals surface area contributed by atoms with Gasteiger partial charge in [-0.2, -0.15) is 6.08 Å². The number of hydrogen-bond acceptors (Lipinski definition) is 4. The fraction of sp³-hybridized carbons (Fsp3) is 0.500. The van der Waals surface area contributed by atoms with E-state index in [4.69, 9.17) is 0 Å². The standard InChI is InChI=1S/C11H14N3O3.CH4.W/c1-3-7(6-12-2)10(16)13-8-4-5-9(15)14-11(8)17;;/h3,8H,4-5H2,1-2H3,(H,13,16)(H,14,15,17);1H4;/q-1;;/b7-3+;;. The molecule has 0 aromatic carbocycles. The molecule has 1 aliphatic rings. The molecule has 19 heavy (non-hydrogen) atoms. The Morgan fingerprint density at radius 2 is 2.16 bits per heavy atom. The Kier molecular flexibility index (Phi) is 10.1. The molecule has 0 spiro atoms. The van der Waals surface area contributed by atoms with Gasteiger partial charge in [-0.25, -0.2) is 0 Å². The minimum Gasteiger partial charge on any atom is -0.394 e. The van der Waals surface area contributed by atoms with Gasteiger partial charge in [-0.15, -0.1) is 5.57 Å². The summed E-state index contributed by atoms with van der Waals surface area (Å²) in [5, 5.41) is 4.70. The Balaban J connectivity index is 0. The van der Waals surface area contributed by atoms with E-state index in [0.717, 1.165) is 0 Å². The zero-order valence-corrected chi connectivity index (χ0v) is 13.1. The quantitative estimate of drug-likeness (QED) is 0.284. The second kappa shape index (κ2) is 9.61. The Morgan fingerprint density at radius 3 is 2.63 bits per heavy atom. The van der Waals surface area contributed by atoms with Crippen molar-refractivity contribution in [3.63, 3.8) is 0 Å². The number of aliphatic imine (C=N–C) groups is 1. The molecule has 1 atom stereocenters. The van der Waals surface area contributed by atoms with Crippen LogP contribution < -0.4 is 10.6 Å². The van der Waals surface area contributed by atoms with E-state index in [1.807, 2.05) is 0 Å². The number of amides is 3. The van der Waals surface area contributed by atoms with E-state index in [1.54, 1.807) is 13.0 Å². The SMILES string of the molecule is C.C/C=C(\[C-]=NC)C(=O)NC1CCC(=O)NC1=O.[W]. The zero-order valence-electron chi connectivity index (χ0n) is 10.1. The first-order valence-corrected chi connectivity index (χ1v) is 5.24. The van der Waals surface area contributed by atoms with Gasteiger partial charge in [0, 0.05) is 34.5 Å². The van der Waals surface area contributed by atoms with Crippen LogP contribution in [0, 0.1) is 0 Å². The van der Waals surface area contributed by atoms with Crippen molar-refractivity contribution in [1.82, 2.24) is 10.6 Å². The number of nitrogens with one attached hydrogen (secondary N) is 2. The van der Waals surface area contributed by atoms with Crippen LogP contribution in [0.3, 0.4) is 0 Å². The number of hydrogen-bond donors (Lipinski definition) is 2. The summed E-state index contributed by atoms with van der Waals surface area (Å²) in [4.78, 5) is 37.6. The normalized spacial score (nSPS) is 19.3. The molecule has 0 radical (unpaired) electrons. The van der Waals surface area contributed by atoms with E-state index in [9.17, 15) is 14.4 Å². The summed E-state index contributed by atoms with van der Waals surface area (Å²) in [6.07, 6.45) is 4.62. The fourth-order valence-electron chi connectivity index (χ4n) is 1.43. The third-order valence-corrected chi connectivity index (χ3v) is 2.31. The second-order valence-corrected chi connectivity index (χ2v) is 3.51. The fourth-order valence-corrected chi connectivity index (χ4v) is 1.43. The molecule has 6 nitrogen and oxygen atoms in total. The summed E-state index contributed by atoms with van der Waals surface area (Å²) in [5.41, 5.74) is 0.261. The van der Waals surface area contributed by atoms with Crippen molar-refractivity contribution in [2.45, 2.75) is 33.2 Å². The monoisotopic (exact) mass is 436 g/mol. The predicted molar refractivity (Wildman–Crippen MR) is 68.2 cm³/mol. The maximum Gasteiger partial charge on any atom is 0.248 e. The minimum atomic E-state index is -0.672. The van der Waals surface area contributed by atoms with Gasteiger partial charge in [0.1, 0.15) is 5.91 Å². The van der Waals surface area contributed by atoms with Crippen molar-refractivity contribution in [3.8, 4) is 0 Å². The third-order valence-electron chi connectivity index (χ3n) is 2.31. The Hall–Kier alpha value is -1.29. The average molecular weight is 436 g/mol.